The number of aromatic carboxylic acids is 2. The minimum Gasteiger partial charge on any atom is -0.869 e. The molecular weight excluding hydrogens is 863 g/mol. The largest absolute Gasteiger partial charge is 2.00 e. The van der Waals surface area contributed by atoms with Gasteiger partial charge in [0.2, 0.25) is 0 Å². The average molecular weight is 938 g/mol. The Balaban J connectivity index is 0.000000680. The molecule has 0 amide bonds. The Labute approximate surface area is 398 Å². The van der Waals surface area contributed by atoms with Crippen molar-refractivity contribution >= 4 is 34.7 Å². The number of phenolic OH excluding ortho intramolecular Hbond substituents is 2. The van der Waals surface area contributed by atoms with Gasteiger partial charge in [0.1, 0.15) is 11.5 Å². The SMILES string of the molecule is CCCCCCCCCCCCC(=Nc1ccc(CC)c(CC)c1)C(CCCC)=Nc1ccc(CC)c(CC)c1.Cc1ccc(O)c([O-])c1C(=O)O.Cc1ccc(O)c([O-])c1C(=O)O.[Ni+2]. The van der Waals surface area contributed by atoms with E-state index >= 15 is 0 Å². The molecule has 0 aromatic heterocycles. The van der Waals surface area contributed by atoms with Crippen molar-refractivity contribution in [2.24, 2.45) is 9.98 Å². The van der Waals surface area contributed by atoms with Gasteiger partial charge >= 0.3 is 28.4 Å². The number of hydrogen-bond donors (Lipinski definition) is 4. The number of carboxylic acids is 2. The van der Waals surface area contributed by atoms with Crippen LogP contribution in [0.4, 0.5) is 11.4 Å². The van der Waals surface area contributed by atoms with Gasteiger partial charge in [-0.3, -0.25) is 9.98 Å². The fourth-order valence-corrected chi connectivity index (χ4v) is 7.55. The van der Waals surface area contributed by atoms with Crippen LogP contribution in [0, 0.1) is 13.8 Å². The summed E-state index contributed by atoms with van der Waals surface area (Å²) in [5.74, 6) is -5.34. The predicted molar refractivity (Wildman–Crippen MR) is 259 cm³/mol. The molecule has 0 spiro atoms. The van der Waals surface area contributed by atoms with Crippen LogP contribution >= 0.6 is 0 Å². The summed E-state index contributed by atoms with van der Waals surface area (Å²) in [6, 6.07) is 18.8. The molecule has 0 radical (unpaired) electrons. The summed E-state index contributed by atoms with van der Waals surface area (Å²) in [6.07, 6.45) is 22.2. The van der Waals surface area contributed by atoms with Gasteiger partial charge < -0.3 is 30.6 Å². The number of hydrogen-bond acceptors (Lipinski definition) is 8. The summed E-state index contributed by atoms with van der Waals surface area (Å²) in [7, 11) is 0. The molecule has 4 rings (SSSR count). The topological polar surface area (TPSA) is 186 Å². The molecule has 0 fully saturated rings. The monoisotopic (exact) mass is 936 g/mol. The predicted octanol–water partition coefficient (Wildman–Crippen LogP) is 13.2. The van der Waals surface area contributed by atoms with E-state index in [2.05, 4.69) is 77.9 Å². The Bertz CT molecular complexity index is 2080. The third kappa shape index (κ3) is 19.5. The summed E-state index contributed by atoms with van der Waals surface area (Å²) >= 11 is 0. The maximum atomic E-state index is 11.0. The molecule has 0 bridgehead atoms. The number of unbranched alkanes of at least 4 members (excludes halogenated alkanes) is 10. The molecule has 65 heavy (non-hydrogen) atoms. The third-order valence-corrected chi connectivity index (χ3v) is 11.4. The molecule has 10 nitrogen and oxygen atoms in total. The van der Waals surface area contributed by atoms with Gasteiger partial charge in [-0.05, 0) is 135 Å². The number of aliphatic imine (C=N–C) groups is 2. The van der Waals surface area contributed by atoms with Crippen LogP contribution in [-0.2, 0) is 42.2 Å². The second-order valence-electron chi connectivity index (χ2n) is 16.3. The van der Waals surface area contributed by atoms with Crippen LogP contribution < -0.4 is 10.2 Å². The van der Waals surface area contributed by atoms with Gasteiger partial charge in [-0.15, -0.1) is 0 Å². The van der Waals surface area contributed by atoms with E-state index in [4.69, 9.17) is 30.4 Å². The van der Waals surface area contributed by atoms with Crippen molar-refractivity contribution in [1.29, 1.82) is 0 Å². The number of rotatable bonds is 23. The smallest absolute Gasteiger partial charge is 0.869 e. The van der Waals surface area contributed by atoms with Gasteiger partial charge in [-0.25, -0.2) is 9.59 Å². The first-order valence-corrected chi connectivity index (χ1v) is 23.5. The van der Waals surface area contributed by atoms with Crippen LogP contribution in [0.2, 0.25) is 0 Å². The molecule has 358 valence electrons. The zero-order valence-electron chi connectivity index (χ0n) is 40.1. The van der Waals surface area contributed by atoms with Crippen molar-refractivity contribution in [1.82, 2.24) is 0 Å². The molecule has 4 aromatic rings. The Morgan fingerprint density at radius 3 is 1.14 bits per heavy atom. The number of aryl methyl sites for hydroxylation is 6. The van der Waals surface area contributed by atoms with Crippen molar-refractivity contribution in [3.8, 4) is 23.0 Å². The van der Waals surface area contributed by atoms with Crippen LogP contribution in [0.1, 0.15) is 186 Å². The molecule has 4 aromatic carbocycles. The van der Waals surface area contributed by atoms with E-state index in [-0.39, 0.29) is 27.6 Å². The minimum atomic E-state index is -1.31. The molecule has 0 aliphatic carbocycles. The minimum absolute atomic E-state index is 0. The van der Waals surface area contributed by atoms with Crippen LogP contribution in [0.25, 0.3) is 0 Å². The van der Waals surface area contributed by atoms with Crippen LogP contribution in [0.5, 0.6) is 23.0 Å². The Morgan fingerprint density at radius 2 is 0.815 bits per heavy atom. The number of phenols is 2. The Kier molecular flexibility index (Phi) is 28.2. The van der Waals surface area contributed by atoms with Crippen LogP contribution in [0.15, 0.2) is 70.6 Å². The summed E-state index contributed by atoms with van der Waals surface area (Å²) in [6.45, 7) is 16.6. The Hall–Kier alpha value is -5.15. The van der Waals surface area contributed by atoms with E-state index in [0.717, 1.165) is 56.3 Å². The van der Waals surface area contributed by atoms with Gasteiger partial charge in [0.15, 0.2) is 0 Å². The van der Waals surface area contributed by atoms with Gasteiger partial charge in [-0.2, -0.15) is 0 Å². The number of carbonyl (C=O) groups is 2. The van der Waals surface area contributed by atoms with Crippen molar-refractivity contribution < 1.29 is 56.7 Å². The van der Waals surface area contributed by atoms with Crippen molar-refractivity contribution in [2.75, 3.05) is 0 Å². The van der Waals surface area contributed by atoms with E-state index in [1.54, 1.807) is 0 Å². The molecule has 0 aliphatic heterocycles. The van der Waals surface area contributed by atoms with Gasteiger partial charge in [-0.1, -0.05) is 142 Å². The first kappa shape index (κ1) is 57.9. The zero-order valence-corrected chi connectivity index (χ0v) is 41.1. The molecule has 0 aliphatic rings. The molecular formula is C54H74N2NiO8. The molecule has 11 heteroatoms. The maximum Gasteiger partial charge on any atom is 2.00 e. The second kappa shape index (κ2) is 31.7. The quantitative estimate of drug-likeness (QED) is 0.0321. The second-order valence-corrected chi connectivity index (χ2v) is 16.3. The molecule has 0 atom stereocenters. The fraction of sp³-hybridized carbons (Fsp3) is 0.481. The number of benzene rings is 4. The van der Waals surface area contributed by atoms with E-state index in [0.29, 0.717) is 11.1 Å². The Morgan fingerprint density at radius 1 is 0.477 bits per heavy atom. The van der Waals surface area contributed by atoms with Gasteiger partial charge in [0.05, 0.1) is 33.9 Å². The van der Waals surface area contributed by atoms with E-state index in [1.165, 1.54) is 142 Å². The summed E-state index contributed by atoms with van der Waals surface area (Å²) in [5.41, 5.74) is 10.3. The van der Waals surface area contributed by atoms with E-state index in [9.17, 15) is 19.8 Å². The number of nitrogens with zero attached hydrogens (tertiary/aromatic N) is 2. The molecule has 0 unspecified atom stereocenters. The van der Waals surface area contributed by atoms with Gasteiger partial charge in [0.25, 0.3) is 0 Å². The van der Waals surface area contributed by atoms with Crippen LogP contribution in [0.3, 0.4) is 0 Å². The normalized spacial score (nSPS) is 11.2. The summed E-state index contributed by atoms with van der Waals surface area (Å²) < 4.78 is 0. The molecule has 0 saturated heterocycles. The summed E-state index contributed by atoms with van der Waals surface area (Å²) in [4.78, 5) is 31.6. The zero-order chi connectivity index (χ0) is 47.6. The average Bonchev–Trinajstić information content (AvgIpc) is 3.28. The molecule has 4 N–H and O–H groups in total. The maximum absolute atomic E-state index is 11.0. The van der Waals surface area contributed by atoms with Crippen LogP contribution in [-0.4, -0.2) is 43.8 Å². The van der Waals surface area contributed by atoms with Crippen molar-refractivity contribution in [3.05, 3.63) is 105 Å². The molecule has 0 saturated carbocycles. The fourth-order valence-electron chi connectivity index (χ4n) is 7.55. The summed E-state index contributed by atoms with van der Waals surface area (Å²) in [5, 5.41) is 56.9. The van der Waals surface area contributed by atoms with E-state index in [1.807, 2.05) is 0 Å². The number of carboxylic acid groups (broad SMARTS) is 2. The first-order valence-electron chi connectivity index (χ1n) is 23.5. The molecule has 0 heterocycles. The van der Waals surface area contributed by atoms with Crippen molar-refractivity contribution in [3.63, 3.8) is 0 Å². The standard InChI is InChI=1S/C38H60N2.2C8H8O4.Ni/c1-7-13-15-16-17-18-19-20-21-22-24-38(40-36-28-26-32(10-4)34(12-6)30-36)37(23-14-8-2)39-35-27-25-31(9-3)33(11-5)29-35;2*1-4-2-3-5(9)7(10)6(4)8(11)12;/h25-30H,7-24H2,1-6H3;2*2-3,9-10H,1H3,(H,11,12);/q;;;+2/p-2. The van der Waals surface area contributed by atoms with Crippen molar-refractivity contribution in [2.45, 2.75) is 171 Å². The van der Waals surface area contributed by atoms with Gasteiger partial charge in [0, 0.05) is 0 Å². The third-order valence-electron chi connectivity index (χ3n) is 11.4. The first-order chi connectivity index (χ1) is 30.7. The van der Waals surface area contributed by atoms with E-state index < -0.39 is 34.9 Å². The number of aromatic hydroxyl groups is 2.